The van der Waals surface area contributed by atoms with Gasteiger partial charge in [0.05, 0.1) is 36.4 Å². The molecule has 3 rings (SSSR count). The number of amides is 1. The lowest BCUT2D eigenvalue weighted by atomic mass is 9.97. The SMILES string of the molecule is COc1cc(OC)c(NC(=O)CSc2nc3c(c(=O)[nH]2)CCCC3)cc1Cl. The summed E-state index contributed by atoms with van der Waals surface area (Å²) in [6.07, 6.45) is 3.62. The second-order valence-electron chi connectivity index (χ2n) is 6.03. The largest absolute Gasteiger partial charge is 0.495 e. The van der Waals surface area contributed by atoms with Crippen LogP contribution in [-0.4, -0.2) is 35.8 Å². The Balaban J connectivity index is 1.68. The molecular weight excluding hydrogens is 390 g/mol. The van der Waals surface area contributed by atoms with Crippen LogP contribution in [0.4, 0.5) is 5.69 Å². The molecule has 0 bridgehead atoms. The lowest BCUT2D eigenvalue weighted by molar-refractivity contribution is -0.113. The van der Waals surface area contributed by atoms with E-state index in [2.05, 4.69) is 15.3 Å². The van der Waals surface area contributed by atoms with Crippen LogP contribution in [0.5, 0.6) is 11.5 Å². The number of aromatic nitrogens is 2. The molecule has 2 N–H and O–H groups in total. The molecule has 0 aliphatic heterocycles. The van der Waals surface area contributed by atoms with Gasteiger partial charge < -0.3 is 19.8 Å². The first-order valence-electron chi connectivity index (χ1n) is 8.48. The number of methoxy groups -OCH3 is 2. The highest BCUT2D eigenvalue weighted by Crippen LogP contribution is 2.36. The number of nitrogens with zero attached hydrogens (tertiary/aromatic N) is 1. The normalized spacial score (nSPS) is 13.0. The molecule has 0 saturated carbocycles. The van der Waals surface area contributed by atoms with Gasteiger partial charge in [0.2, 0.25) is 5.91 Å². The van der Waals surface area contributed by atoms with Gasteiger partial charge in [-0.25, -0.2) is 4.98 Å². The van der Waals surface area contributed by atoms with E-state index in [4.69, 9.17) is 21.1 Å². The van der Waals surface area contributed by atoms with Crippen molar-refractivity contribution in [2.24, 2.45) is 0 Å². The van der Waals surface area contributed by atoms with E-state index in [0.29, 0.717) is 27.4 Å². The van der Waals surface area contributed by atoms with E-state index in [9.17, 15) is 9.59 Å². The number of H-pyrrole nitrogens is 1. The zero-order valence-electron chi connectivity index (χ0n) is 15.1. The highest BCUT2D eigenvalue weighted by Gasteiger charge is 2.17. The molecule has 1 aromatic heterocycles. The van der Waals surface area contributed by atoms with Crippen LogP contribution in [-0.2, 0) is 17.6 Å². The Hall–Kier alpha value is -2.19. The van der Waals surface area contributed by atoms with Gasteiger partial charge >= 0.3 is 0 Å². The van der Waals surface area contributed by atoms with Gasteiger partial charge in [-0.3, -0.25) is 9.59 Å². The van der Waals surface area contributed by atoms with Crippen molar-refractivity contribution in [1.82, 2.24) is 9.97 Å². The average molecular weight is 410 g/mol. The minimum Gasteiger partial charge on any atom is -0.495 e. The zero-order valence-corrected chi connectivity index (χ0v) is 16.6. The highest BCUT2D eigenvalue weighted by molar-refractivity contribution is 7.99. The highest BCUT2D eigenvalue weighted by atomic mass is 35.5. The van der Waals surface area contributed by atoms with Crippen LogP contribution in [0.3, 0.4) is 0 Å². The van der Waals surface area contributed by atoms with Crippen LogP contribution in [0.25, 0.3) is 0 Å². The van der Waals surface area contributed by atoms with Crippen molar-refractivity contribution >= 4 is 35.0 Å². The number of rotatable bonds is 6. The van der Waals surface area contributed by atoms with Crippen LogP contribution >= 0.6 is 23.4 Å². The third-order valence-electron chi connectivity index (χ3n) is 4.26. The van der Waals surface area contributed by atoms with Crippen molar-refractivity contribution in [3.8, 4) is 11.5 Å². The Bertz CT molecular complexity index is 916. The van der Waals surface area contributed by atoms with Crippen molar-refractivity contribution in [2.75, 3.05) is 25.3 Å². The lowest BCUT2D eigenvalue weighted by Gasteiger charge is -2.14. The molecule has 0 unspecified atom stereocenters. The Morgan fingerprint density at radius 2 is 2.00 bits per heavy atom. The van der Waals surface area contributed by atoms with E-state index in [1.165, 1.54) is 26.0 Å². The maximum absolute atomic E-state index is 12.3. The van der Waals surface area contributed by atoms with Gasteiger partial charge in [0.15, 0.2) is 5.16 Å². The monoisotopic (exact) mass is 409 g/mol. The number of nitrogens with one attached hydrogen (secondary N) is 2. The van der Waals surface area contributed by atoms with E-state index >= 15 is 0 Å². The molecule has 7 nitrogen and oxygen atoms in total. The molecule has 0 spiro atoms. The van der Waals surface area contributed by atoms with Crippen LogP contribution in [0.2, 0.25) is 5.02 Å². The predicted octanol–water partition coefficient (Wildman–Crippen LogP) is 3.05. The summed E-state index contributed by atoms with van der Waals surface area (Å²) < 4.78 is 10.4. The van der Waals surface area contributed by atoms with Gasteiger partial charge in [-0.1, -0.05) is 23.4 Å². The van der Waals surface area contributed by atoms with Gasteiger partial charge in [0, 0.05) is 11.6 Å². The predicted molar refractivity (Wildman–Crippen MR) is 105 cm³/mol. The van der Waals surface area contributed by atoms with E-state index in [0.717, 1.165) is 36.9 Å². The number of fused-ring (bicyclic) bond motifs is 1. The molecule has 0 saturated heterocycles. The molecule has 1 aromatic carbocycles. The number of thioether (sulfide) groups is 1. The first kappa shape index (κ1) is 19.6. The molecule has 0 atom stereocenters. The zero-order chi connectivity index (χ0) is 19.4. The summed E-state index contributed by atoms with van der Waals surface area (Å²) in [6.45, 7) is 0. The van der Waals surface area contributed by atoms with Gasteiger partial charge in [-0.15, -0.1) is 0 Å². The molecule has 0 radical (unpaired) electrons. The number of carbonyl (C=O) groups is 1. The van der Waals surface area contributed by atoms with Crippen molar-refractivity contribution in [2.45, 2.75) is 30.8 Å². The molecule has 2 aromatic rings. The van der Waals surface area contributed by atoms with E-state index in [-0.39, 0.29) is 17.2 Å². The molecule has 144 valence electrons. The fraction of sp³-hybridized carbons (Fsp3) is 0.389. The molecule has 1 aliphatic carbocycles. The van der Waals surface area contributed by atoms with Crippen LogP contribution in [0.1, 0.15) is 24.1 Å². The smallest absolute Gasteiger partial charge is 0.254 e. The quantitative estimate of drug-likeness (QED) is 0.562. The molecule has 1 heterocycles. The Morgan fingerprint density at radius 1 is 1.26 bits per heavy atom. The maximum atomic E-state index is 12.3. The van der Waals surface area contributed by atoms with Gasteiger partial charge in [-0.2, -0.15) is 0 Å². The summed E-state index contributed by atoms with van der Waals surface area (Å²) in [5.74, 6) is 0.723. The number of ether oxygens (including phenoxy) is 2. The first-order chi connectivity index (χ1) is 13.0. The lowest BCUT2D eigenvalue weighted by Crippen LogP contribution is -2.22. The van der Waals surface area contributed by atoms with E-state index < -0.39 is 0 Å². The second-order valence-corrected chi connectivity index (χ2v) is 7.40. The minimum atomic E-state index is -0.264. The summed E-state index contributed by atoms with van der Waals surface area (Å²) in [5, 5.41) is 3.57. The Morgan fingerprint density at radius 3 is 2.74 bits per heavy atom. The molecule has 1 aliphatic rings. The van der Waals surface area contributed by atoms with Crippen molar-refractivity contribution in [3.63, 3.8) is 0 Å². The number of carbonyl (C=O) groups excluding carboxylic acids is 1. The minimum absolute atomic E-state index is 0.0918. The van der Waals surface area contributed by atoms with Crippen LogP contribution in [0.15, 0.2) is 22.1 Å². The number of halogens is 1. The maximum Gasteiger partial charge on any atom is 0.254 e. The van der Waals surface area contributed by atoms with Crippen molar-refractivity contribution < 1.29 is 14.3 Å². The summed E-state index contributed by atoms with van der Waals surface area (Å²) >= 11 is 7.30. The second kappa shape index (κ2) is 8.67. The third-order valence-corrected chi connectivity index (χ3v) is 5.43. The molecule has 9 heteroatoms. The van der Waals surface area contributed by atoms with Gasteiger partial charge in [0.1, 0.15) is 11.5 Å². The van der Waals surface area contributed by atoms with E-state index in [1.807, 2.05) is 0 Å². The number of anilines is 1. The standard InChI is InChI=1S/C18H20ClN3O4S/c1-25-14-8-15(26-2)13(7-11(14)19)20-16(23)9-27-18-21-12-6-4-3-5-10(12)17(24)22-18/h7-8H,3-6,9H2,1-2H3,(H,20,23)(H,21,22,24). The average Bonchev–Trinajstić information content (AvgIpc) is 2.67. The Kier molecular flexibility index (Phi) is 6.28. The van der Waals surface area contributed by atoms with Gasteiger partial charge in [0.25, 0.3) is 5.56 Å². The van der Waals surface area contributed by atoms with Crippen molar-refractivity contribution in [3.05, 3.63) is 38.8 Å². The molecule has 1 amide bonds. The topological polar surface area (TPSA) is 93.3 Å². The first-order valence-corrected chi connectivity index (χ1v) is 9.84. The summed E-state index contributed by atoms with van der Waals surface area (Å²) in [7, 11) is 3.00. The van der Waals surface area contributed by atoms with Crippen LogP contribution in [0, 0.1) is 0 Å². The molecule has 0 fully saturated rings. The van der Waals surface area contributed by atoms with E-state index in [1.54, 1.807) is 12.1 Å². The molecular formula is C18H20ClN3O4S. The number of aromatic amines is 1. The van der Waals surface area contributed by atoms with Gasteiger partial charge in [-0.05, 0) is 31.7 Å². The summed E-state index contributed by atoms with van der Waals surface area (Å²) in [5.41, 5.74) is 1.95. The Labute approximate surface area is 165 Å². The number of aryl methyl sites for hydroxylation is 1. The summed E-state index contributed by atoms with van der Waals surface area (Å²) in [6, 6.07) is 3.18. The van der Waals surface area contributed by atoms with Crippen LogP contribution < -0.4 is 20.3 Å². The number of benzene rings is 1. The fourth-order valence-electron chi connectivity index (χ4n) is 2.93. The molecule has 27 heavy (non-hydrogen) atoms. The van der Waals surface area contributed by atoms with Crippen molar-refractivity contribution in [1.29, 1.82) is 0 Å². The number of hydrogen-bond donors (Lipinski definition) is 2. The third kappa shape index (κ3) is 4.56. The fourth-order valence-corrected chi connectivity index (χ4v) is 3.85. The summed E-state index contributed by atoms with van der Waals surface area (Å²) in [4.78, 5) is 31.7. The number of hydrogen-bond acceptors (Lipinski definition) is 6.